The Morgan fingerprint density at radius 1 is 1.75 bits per heavy atom. The molecule has 3 nitrogen and oxygen atoms in total. The molecule has 0 aromatic carbocycles. The molecule has 1 aromatic heterocycles. The number of thioether (sulfide) groups is 1. The minimum Gasteiger partial charge on any atom is -0.379 e. The lowest BCUT2D eigenvalue weighted by molar-refractivity contribution is 1.27. The van der Waals surface area contributed by atoms with Crippen molar-refractivity contribution in [3.63, 3.8) is 0 Å². The molecule has 0 unspecified atom stereocenters. The van der Waals surface area contributed by atoms with Crippen molar-refractivity contribution >= 4 is 28.5 Å². The third-order valence-corrected chi connectivity index (χ3v) is 2.18. The fourth-order valence-electron chi connectivity index (χ4n) is 0.693. The van der Waals surface area contributed by atoms with Gasteiger partial charge in [0.1, 0.15) is 5.15 Å². The zero-order valence-corrected chi connectivity index (χ0v) is 7.82. The first kappa shape index (κ1) is 9.35. The van der Waals surface area contributed by atoms with Crippen LogP contribution in [0.5, 0.6) is 0 Å². The van der Waals surface area contributed by atoms with Crippen LogP contribution in [0, 0.1) is 5.41 Å². The van der Waals surface area contributed by atoms with Gasteiger partial charge < -0.3 is 5.73 Å². The summed E-state index contributed by atoms with van der Waals surface area (Å²) in [5.41, 5.74) is 6.20. The Kier molecular flexibility index (Phi) is 3.37. The molecule has 1 rings (SSSR count). The number of halogens is 1. The molecule has 5 heteroatoms. The fraction of sp³-hybridized carbons (Fsp3) is 0.143. The molecule has 0 saturated carbocycles. The largest absolute Gasteiger partial charge is 0.379 e. The van der Waals surface area contributed by atoms with Crippen LogP contribution in [0.25, 0.3) is 0 Å². The summed E-state index contributed by atoms with van der Waals surface area (Å²) in [4.78, 5) is 3.84. The number of amidine groups is 1. The van der Waals surface area contributed by atoms with Crippen molar-refractivity contribution in [3.8, 4) is 0 Å². The van der Waals surface area contributed by atoms with Gasteiger partial charge in [0.2, 0.25) is 0 Å². The molecule has 1 heterocycles. The Bertz CT molecular complexity index is 290. The lowest BCUT2D eigenvalue weighted by Crippen LogP contribution is -2.03. The van der Waals surface area contributed by atoms with Crippen LogP contribution in [-0.4, -0.2) is 10.2 Å². The molecule has 0 fully saturated rings. The number of nitrogens with two attached hydrogens (primary N) is 1. The maximum absolute atomic E-state index is 6.99. The van der Waals surface area contributed by atoms with Gasteiger partial charge in [0.05, 0.1) is 0 Å². The maximum atomic E-state index is 6.99. The summed E-state index contributed by atoms with van der Waals surface area (Å²) in [6.07, 6.45) is 1.64. The molecule has 1 aromatic rings. The third kappa shape index (κ3) is 3.11. The highest BCUT2D eigenvalue weighted by Gasteiger charge is 1.96. The zero-order valence-electron chi connectivity index (χ0n) is 6.25. The summed E-state index contributed by atoms with van der Waals surface area (Å²) in [7, 11) is 0. The van der Waals surface area contributed by atoms with E-state index in [-0.39, 0.29) is 5.17 Å². The van der Waals surface area contributed by atoms with E-state index in [1.807, 2.05) is 6.07 Å². The molecule has 0 radical (unpaired) electrons. The van der Waals surface area contributed by atoms with E-state index in [0.717, 1.165) is 5.56 Å². The average Bonchev–Trinajstić information content (AvgIpc) is 2.01. The van der Waals surface area contributed by atoms with Crippen molar-refractivity contribution in [1.29, 1.82) is 5.41 Å². The van der Waals surface area contributed by atoms with Crippen molar-refractivity contribution in [1.82, 2.24) is 4.98 Å². The molecular weight excluding hydrogens is 194 g/mol. The van der Waals surface area contributed by atoms with Crippen molar-refractivity contribution in [2.45, 2.75) is 5.75 Å². The van der Waals surface area contributed by atoms with Gasteiger partial charge in [0.25, 0.3) is 0 Å². The highest BCUT2D eigenvalue weighted by molar-refractivity contribution is 8.13. The fourth-order valence-corrected chi connectivity index (χ4v) is 1.39. The Morgan fingerprint density at radius 2 is 2.50 bits per heavy atom. The highest BCUT2D eigenvalue weighted by atomic mass is 35.5. The first-order chi connectivity index (χ1) is 5.68. The summed E-state index contributed by atoms with van der Waals surface area (Å²) in [5.74, 6) is 0.664. The summed E-state index contributed by atoms with van der Waals surface area (Å²) < 4.78 is 0. The van der Waals surface area contributed by atoms with Gasteiger partial charge in [0, 0.05) is 11.9 Å². The topological polar surface area (TPSA) is 62.8 Å². The average molecular weight is 202 g/mol. The molecule has 64 valence electrons. The van der Waals surface area contributed by atoms with Crippen molar-refractivity contribution < 1.29 is 0 Å². The van der Waals surface area contributed by atoms with Crippen LogP contribution in [0.15, 0.2) is 18.3 Å². The predicted molar refractivity (Wildman–Crippen MR) is 52.5 cm³/mol. The number of nitrogens with one attached hydrogen (secondary N) is 1. The molecule has 0 saturated heterocycles. The lowest BCUT2D eigenvalue weighted by atomic mass is 10.3. The molecule has 12 heavy (non-hydrogen) atoms. The summed E-state index contributed by atoms with van der Waals surface area (Å²) in [6, 6.07) is 3.61. The van der Waals surface area contributed by atoms with Gasteiger partial charge in [-0.15, -0.1) is 0 Å². The van der Waals surface area contributed by atoms with Crippen LogP contribution in [0.3, 0.4) is 0 Å². The Balaban J connectivity index is 2.57. The second-order valence-corrected chi connectivity index (χ2v) is 3.54. The molecule has 0 aliphatic heterocycles. The third-order valence-electron chi connectivity index (χ3n) is 1.19. The van der Waals surface area contributed by atoms with E-state index in [1.165, 1.54) is 11.8 Å². The quantitative estimate of drug-likeness (QED) is 0.436. The second-order valence-electron chi connectivity index (χ2n) is 2.14. The van der Waals surface area contributed by atoms with Crippen LogP contribution >= 0.6 is 23.4 Å². The van der Waals surface area contributed by atoms with Crippen molar-refractivity contribution in [2.24, 2.45) is 5.73 Å². The number of hydrogen-bond donors (Lipinski definition) is 2. The van der Waals surface area contributed by atoms with Crippen molar-refractivity contribution in [3.05, 3.63) is 29.0 Å². The van der Waals surface area contributed by atoms with Gasteiger partial charge in [-0.3, -0.25) is 5.41 Å². The molecular formula is C7H8ClN3S. The minimum absolute atomic E-state index is 0.114. The van der Waals surface area contributed by atoms with Gasteiger partial charge >= 0.3 is 0 Å². The zero-order chi connectivity index (χ0) is 8.97. The first-order valence-corrected chi connectivity index (χ1v) is 4.62. The van der Waals surface area contributed by atoms with Crippen molar-refractivity contribution in [2.75, 3.05) is 0 Å². The molecule has 0 amide bonds. The van der Waals surface area contributed by atoms with Gasteiger partial charge in [-0.2, -0.15) is 0 Å². The Hall–Kier alpha value is -0.740. The second kappa shape index (κ2) is 4.33. The Labute approximate surface area is 79.8 Å². The van der Waals surface area contributed by atoms with Gasteiger partial charge in [-0.1, -0.05) is 23.4 Å². The number of hydrogen-bond acceptors (Lipinski definition) is 3. The van der Waals surface area contributed by atoms with Crippen LogP contribution in [0.4, 0.5) is 0 Å². The van der Waals surface area contributed by atoms with E-state index in [2.05, 4.69) is 4.98 Å². The number of pyridine rings is 1. The molecule has 0 bridgehead atoms. The monoisotopic (exact) mass is 201 g/mol. The number of rotatable bonds is 2. The molecule has 0 aliphatic rings. The van der Waals surface area contributed by atoms with E-state index in [9.17, 15) is 0 Å². The predicted octanol–water partition coefficient (Wildman–Crippen LogP) is 1.86. The normalized spacial score (nSPS) is 9.75. The number of nitrogens with zero attached hydrogens (tertiary/aromatic N) is 1. The van der Waals surface area contributed by atoms with E-state index in [0.29, 0.717) is 10.9 Å². The molecule has 3 N–H and O–H groups in total. The molecule has 0 atom stereocenters. The van der Waals surface area contributed by atoms with E-state index in [4.69, 9.17) is 22.7 Å². The van der Waals surface area contributed by atoms with E-state index >= 15 is 0 Å². The van der Waals surface area contributed by atoms with E-state index < -0.39 is 0 Å². The van der Waals surface area contributed by atoms with Gasteiger partial charge in [-0.25, -0.2) is 4.98 Å². The lowest BCUT2D eigenvalue weighted by Gasteiger charge is -1.98. The summed E-state index contributed by atoms with van der Waals surface area (Å²) in [6.45, 7) is 0. The van der Waals surface area contributed by atoms with Crippen LogP contribution in [0.1, 0.15) is 5.56 Å². The van der Waals surface area contributed by atoms with Gasteiger partial charge in [0.15, 0.2) is 5.17 Å². The Morgan fingerprint density at radius 3 is 3.08 bits per heavy atom. The van der Waals surface area contributed by atoms with Crippen LogP contribution in [0.2, 0.25) is 5.15 Å². The maximum Gasteiger partial charge on any atom is 0.151 e. The standard InChI is InChI=1S/C7H8ClN3S/c8-6-3-5(1-2-11-6)4-12-7(9)10/h1-3H,4H2,(H3,9,10). The smallest absolute Gasteiger partial charge is 0.151 e. The SMILES string of the molecule is N=C(N)SCc1ccnc(Cl)c1. The van der Waals surface area contributed by atoms with Crippen LogP contribution in [-0.2, 0) is 5.75 Å². The first-order valence-electron chi connectivity index (χ1n) is 3.26. The summed E-state index contributed by atoms with van der Waals surface area (Å²) in [5, 5.41) is 7.57. The summed E-state index contributed by atoms with van der Waals surface area (Å²) >= 11 is 6.92. The highest BCUT2D eigenvalue weighted by Crippen LogP contribution is 2.13. The minimum atomic E-state index is 0.114. The number of aromatic nitrogens is 1. The van der Waals surface area contributed by atoms with E-state index in [1.54, 1.807) is 12.3 Å². The van der Waals surface area contributed by atoms with Crippen LogP contribution < -0.4 is 5.73 Å². The molecule has 0 spiro atoms. The molecule has 0 aliphatic carbocycles. The van der Waals surface area contributed by atoms with Gasteiger partial charge in [-0.05, 0) is 17.7 Å².